The summed E-state index contributed by atoms with van der Waals surface area (Å²) in [4.78, 5) is 11.5. The van der Waals surface area contributed by atoms with Crippen molar-refractivity contribution in [3.05, 3.63) is 29.3 Å². The summed E-state index contributed by atoms with van der Waals surface area (Å²) in [6.07, 6.45) is 2.42. The smallest absolute Gasteiger partial charge is 0.314 e. The SMILES string of the molecule is CCC(C)(C)c1ccc(OC)c(C2(C(=O)O)CC2)c1. The fraction of sp³-hybridized carbons (Fsp3) is 0.562. The number of benzene rings is 1. The van der Waals surface area contributed by atoms with Gasteiger partial charge >= 0.3 is 5.97 Å². The first-order chi connectivity index (χ1) is 8.87. The zero-order valence-corrected chi connectivity index (χ0v) is 12.1. The molecule has 0 aliphatic heterocycles. The Morgan fingerprint density at radius 1 is 1.42 bits per heavy atom. The van der Waals surface area contributed by atoms with E-state index in [-0.39, 0.29) is 5.41 Å². The van der Waals surface area contributed by atoms with Crippen LogP contribution in [0, 0.1) is 0 Å². The molecule has 1 aliphatic carbocycles. The Balaban J connectivity index is 2.53. The lowest BCUT2D eigenvalue weighted by atomic mass is 9.80. The van der Waals surface area contributed by atoms with Crippen LogP contribution >= 0.6 is 0 Å². The summed E-state index contributed by atoms with van der Waals surface area (Å²) in [5.74, 6) is -0.0483. The van der Waals surface area contributed by atoms with Crippen LogP contribution in [0.4, 0.5) is 0 Å². The minimum Gasteiger partial charge on any atom is -0.496 e. The minimum absolute atomic E-state index is 0.0512. The number of aliphatic carboxylic acids is 1. The van der Waals surface area contributed by atoms with Gasteiger partial charge < -0.3 is 9.84 Å². The summed E-state index contributed by atoms with van der Waals surface area (Å²) in [5.41, 5.74) is 1.35. The largest absolute Gasteiger partial charge is 0.496 e. The molecule has 19 heavy (non-hydrogen) atoms. The molecular weight excluding hydrogens is 240 g/mol. The quantitative estimate of drug-likeness (QED) is 0.883. The van der Waals surface area contributed by atoms with Crippen molar-refractivity contribution in [2.24, 2.45) is 0 Å². The summed E-state index contributed by atoms with van der Waals surface area (Å²) in [6.45, 7) is 6.51. The Morgan fingerprint density at radius 2 is 2.05 bits per heavy atom. The molecule has 2 rings (SSSR count). The molecule has 3 nitrogen and oxygen atoms in total. The van der Waals surface area contributed by atoms with Crippen LogP contribution in [0.3, 0.4) is 0 Å². The van der Waals surface area contributed by atoms with E-state index in [0.29, 0.717) is 18.6 Å². The Labute approximate surface area is 114 Å². The number of ether oxygens (including phenoxy) is 1. The summed E-state index contributed by atoms with van der Waals surface area (Å²) in [5, 5.41) is 9.47. The van der Waals surface area contributed by atoms with Gasteiger partial charge in [0, 0.05) is 5.56 Å². The second-order valence-electron chi connectivity index (χ2n) is 6.04. The Bertz CT molecular complexity index is 499. The molecule has 104 valence electrons. The van der Waals surface area contributed by atoms with Gasteiger partial charge in [0.25, 0.3) is 0 Å². The molecule has 0 atom stereocenters. The molecule has 0 heterocycles. The normalized spacial score (nSPS) is 17.1. The lowest BCUT2D eigenvalue weighted by Crippen LogP contribution is -2.22. The van der Waals surface area contributed by atoms with E-state index >= 15 is 0 Å². The summed E-state index contributed by atoms with van der Waals surface area (Å²) < 4.78 is 5.36. The van der Waals surface area contributed by atoms with Crippen molar-refractivity contribution in [1.29, 1.82) is 0 Å². The first kappa shape index (κ1) is 13.9. The Morgan fingerprint density at radius 3 is 2.47 bits per heavy atom. The maximum atomic E-state index is 11.5. The number of hydrogen-bond donors (Lipinski definition) is 1. The third kappa shape index (κ3) is 2.22. The van der Waals surface area contributed by atoms with E-state index in [9.17, 15) is 9.90 Å². The zero-order valence-electron chi connectivity index (χ0n) is 12.1. The lowest BCUT2D eigenvalue weighted by molar-refractivity contribution is -0.140. The van der Waals surface area contributed by atoms with Crippen LogP contribution in [0.5, 0.6) is 5.75 Å². The second kappa shape index (κ2) is 4.55. The fourth-order valence-electron chi connectivity index (χ4n) is 2.43. The minimum atomic E-state index is -0.739. The van der Waals surface area contributed by atoms with Crippen molar-refractivity contribution in [2.75, 3.05) is 7.11 Å². The van der Waals surface area contributed by atoms with Crippen molar-refractivity contribution in [3.8, 4) is 5.75 Å². The first-order valence-corrected chi connectivity index (χ1v) is 6.80. The third-order valence-electron chi connectivity index (χ3n) is 4.54. The lowest BCUT2D eigenvalue weighted by Gasteiger charge is -2.26. The molecule has 1 aromatic rings. The van der Waals surface area contributed by atoms with Crippen molar-refractivity contribution >= 4 is 5.97 Å². The number of carboxylic acid groups (broad SMARTS) is 1. The van der Waals surface area contributed by atoms with E-state index in [4.69, 9.17) is 4.74 Å². The first-order valence-electron chi connectivity index (χ1n) is 6.80. The third-order valence-corrected chi connectivity index (χ3v) is 4.54. The van der Waals surface area contributed by atoms with Crippen molar-refractivity contribution in [3.63, 3.8) is 0 Å². The molecule has 0 unspecified atom stereocenters. The maximum Gasteiger partial charge on any atom is 0.314 e. The van der Waals surface area contributed by atoms with Gasteiger partial charge in [0.2, 0.25) is 0 Å². The van der Waals surface area contributed by atoms with Crippen molar-refractivity contribution in [2.45, 2.75) is 50.9 Å². The van der Waals surface area contributed by atoms with Crippen LogP contribution in [0.1, 0.15) is 51.2 Å². The summed E-state index contributed by atoms with van der Waals surface area (Å²) >= 11 is 0. The molecule has 0 spiro atoms. The highest BCUT2D eigenvalue weighted by Gasteiger charge is 2.53. The van der Waals surface area contributed by atoms with Gasteiger partial charge in [-0.3, -0.25) is 4.79 Å². The van der Waals surface area contributed by atoms with Crippen LogP contribution in [-0.4, -0.2) is 18.2 Å². The van der Waals surface area contributed by atoms with E-state index in [1.807, 2.05) is 18.2 Å². The standard InChI is InChI=1S/C16H22O3/c1-5-15(2,3)11-6-7-13(19-4)12(10-11)16(8-9-16)14(17)18/h6-7,10H,5,8-9H2,1-4H3,(H,17,18). The van der Waals surface area contributed by atoms with Gasteiger partial charge in [0.15, 0.2) is 0 Å². The highest BCUT2D eigenvalue weighted by molar-refractivity contribution is 5.86. The number of carboxylic acids is 1. The van der Waals surface area contributed by atoms with Crippen LogP contribution < -0.4 is 4.74 Å². The molecule has 0 aromatic heterocycles. The second-order valence-corrected chi connectivity index (χ2v) is 6.04. The van der Waals surface area contributed by atoms with Crippen LogP contribution in [0.15, 0.2) is 18.2 Å². The van der Waals surface area contributed by atoms with Crippen LogP contribution in [0.25, 0.3) is 0 Å². The van der Waals surface area contributed by atoms with Gasteiger partial charge in [-0.05, 0) is 36.3 Å². The monoisotopic (exact) mass is 262 g/mol. The Kier molecular flexibility index (Phi) is 3.33. The van der Waals surface area contributed by atoms with Crippen molar-refractivity contribution in [1.82, 2.24) is 0 Å². The predicted octanol–water partition coefficient (Wildman–Crippen LogP) is 3.50. The molecule has 1 saturated carbocycles. The van der Waals surface area contributed by atoms with E-state index in [2.05, 4.69) is 20.8 Å². The summed E-state index contributed by atoms with van der Waals surface area (Å²) in [6, 6.07) is 5.98. The van der Waals surface area contributed by atoms with Gasteiger partial charge in [-0.15, -0.1) is 0 Å². The highest BCUT2D eigenvalue weighted by Crippen LogP contribution is 2.52. The molecule has 1 aliphatic rings. The molecular formula is C16H22O3. The maximum absolute atomic E-state index is 11.5. The molecule has 1 aromatic carbocycles. The number of rotatable bonds is 5. The van der Waals surface area contributed by atoms with Gasteiger partial charge in [-0.25, -0.2) is 0 Å². The average molecular weight is 262 g/mol. The molecule has 1 N–H and O–H groups in total. The topological polar surface area (TPSA) is 46.5 Å². The fourth-order valence-corrected chi connectivity index (χ4v) is 2.43. The average Bonchev–Trinajstić information content (AvgIpc) is 3.19. The molecule has 3 heteroatoms. The van der Waals surface area contributed by atoms with E-state index in [1.54, 1.807) is 7.11 Å². The van der Waals surface area contributed by atoms with Gasteiger partial charge in [0.05, 0.1) is 12.5 Å². The van der Waals surface area contributed by atoms with Gasteiger partial charge in [0.1, 0.15) is 5.75 Å². The van der Waals surface area contributed by atoms with Crippen molar-refractivity contribution < 1.29 is 14.6 Å². The predicted molar refractivity (Wildman–Crippen MR) is 74.9 cm³/mol. The van der Waals surface area contributed by atoms with E-state index in [1.165, 1.54) is 5.56 Å². The number of methoxy groups -OCH3 is 1. The molecule has 0 bridgehead atoms. The van der Waals surface area contributed by atoms with Gasteiger partial charge in [-0.2, -0.15) is 0 Å². The summed E-state index contributed by atoms with van der Waals surface area (Å²) in [7, 11) is 1.60. The zero-order chi connectivity index (χ0) is 14.3. The van der Waals surface area contributed by atoms with Crippen LogP contribution in [0.2, 0.25) is 0 Å². The number of hydrogen-bond acceptors (Lipinski definition) is 2. The van der Waals surface area contributed by atoms with E-state index in [0.717, 1.165) is 12.0 Å². The van der Waals surface area contributed by atoms with Crippen LogP contribution in [-0.2, 0) is 15.6 Å². The molecule has 0 amide bonds. The highest BCUT2D eigenvalue weighted by atomic mass is 16.5. The van der Waals surface area contributed by atoms with Gasteiger partial charge in [-0.1, -0.05) is 32.9 Å². The molecule has 1 fully saturated rings. The van der Waals surface area contributed by atoms with E-state index < -0.39 is 11.4 Å². The molecule has 0 saturated heterocycles. The Hall–Kier alpha value is -1.51. The number of carbonyl (C=O) groups is 1. The molecule has 0 radical (unpaired) electrons.